The summed E-state index contributed by atoms with van der Waals surface area (Å²) in [6.45, 7) is 0. The maximum Gasteiger partial charge on any atom is 0.0465 e. The molecule has 8 aliphatic carbocycles. The van der Waals surface area contributed by atoms with Crippen LogP contribution in [0, 0.1) is 0 Å². The van der Waals surface area contributed by atoms with Gasteiger partial charge in [-0.05, 0) is 235 Å². The van der Waals surface area contributed by atoms with Gasteiger partial charge >= 0.3 is 0 Å². The molecule has 0 aliphatic heterocycles. The lowest BCUT2D eigenvalue weighted by molar-refractivity contribution is 0.353. The van der Waals surface area contributed by atoms with Gasteiger partial charge in [0.2, 0.25) is 0 Å². The number of benzene rings is 11. The number of hydrogen-bond acceptors (Lipinski definition) is 2. The zero-order valence-corrected chi connectivity index (χ0v) is 53.1. The highest BCUT2D eigenvalue weighted by molar-refractivity contribution is 5.92. The zero-order chi connectivity index (χ0) is 60.6. The van der Waals surface area contributed by atoms with Gasteiger partial charge in [0, 0.05) is 55.8 Å². The fourth-order valence-electron chi connectivity index (χ4n) is 20.5. The molecule has 0 unspecified atom stereocenters. The predicted molar refractivity (Wildman–Crippen MR) is 384 cm³/mol. The summed E-state index contributed by atoms with van der Waals surface area (Å²) in [6, 6.07) is 95.6. The van der Waals surface area contributed by atoms with Crippen LogP contribution in [0.15, 0.2) is 243 Å². The molecule has 92 heavy (non-hydrogen) atoms. The third-order valence-electron chi connectivity index (χ3n) is 24.7. The molecule has 0 aromatic heterocycles. The topological polar surface area (TPSA) is 6.48 Å². The van der Waals surface area contributed by atoms with Crippen molar-refractivity contribution in [2.24, 2.45) is 0 Å². The Balaban J connectivity index is 0.669. The Bertz CT molecular complexity index is 4170. The Labute approximate surface area is 544 Å². The van der Waals surface area contributed by atoms with Crippen molar-refractivity contribution in [1.29, 1.82) is 0 Å². The summed E-state index contributed by atoms with van der Waals surface area (Å²) >= 11 is 0. The summed E-state index contributed by atoms with van der Waals surface area (Å²) < 4.78 is 0. The molecule has 4 saturated carbocycles. The number of anilines is 6. The fraction of sp³-hybridized carbons (Fsp3) is 0.267. The normalized spacial score (nSPS) is 18.3. The average Bonchev–Trinajstić information content (AvgIpc) is 1.58. The molecule has 0 radical (unpaired) electrons. The van der Waals surface area contributed by atoms with Crippen LogP contribution in [0.25, 0.3) is 66.8 Å². The maximum atomic E-state index is 2.60. The Hall–Kier alpha value is -8.98. The van der Waals surface area contributed by atoms with Gasteiger partial charge in [0.05, 0.1) is 0 Å². The minimum Gasteiger partial charge on any atom is -0.310 e. The Morgan fingerprint density at radius 3 is 0.609 bits per heavy atom. The van der Waals surface area contributed by atoms with E-state index in [1.54, 1.807) is 22.3 Å². The molecular weight excluding hydrogens is 1110 g/mol. The first-order chi connectivity index (χ1) is 45.5. The van der Waals surface area contributed by atoms with Gasteiger partial charge in [-0.2, -0.15) is 0 Å². The third kappa shape index (κ3) is 8.10. The molecule has 2 nitrogen and oxygen atoms in total. The fourth-order valence-corrected chi connectivity index (χ4v) is 20.5. The summed E-state index contributed by atoms with van der Waals surface area (Å²) in [5, 5.41) is 0. The molecule has 450 valence electrons. The molecule has 0 atom stereocenters. The second-order valence-corrected chi connectivity index (χ2v) is 29.0. The van der Waals surface area contributed by atoms with E-state index < -0.39 is 0 Å². The van der Waals surface area contributed by atoms with Gasteiger partial charge in [0.15, 0.2) is 0 Å². The van der Waals surface area contributed by atoms with Crippen LogP contribution < -0.4 is 9.80 Å². The summed E-state index contributed by atoms with van der Waals surface area (Å²) in [4.78, 5) is 5.18. The number of fused-ring (bicyclic) bond motifs is 20. The molecule has 0 heterocycles. The standard InChI is InChI=1S/C90H80N2/c1-13-49-87(50-14-1)79-25-9-5-21-71(79)75-45-41-67(57-83(75)87)91(68-42-46-76-72-22-6-10-26-80(72)88(84(76)58-68)51-15-2-16-52-88)65-37-33-63(34-38-65)61-29-31-62(32-30-61)64-35-39-66(40-36-64)92(69-43-47-77-73-23-7-11-27-81(73)89(85(77)59-69)53-17-3-18-54-89)70-44-48-78-74-24-8-12-28-82(74)90(86(78)60-70)55-19-4-20-56-90/h5-12,21-48,57-60H,1-4,13-20,49-56H2. The first-order valence-electron chi connectivity index (χ1n) is 35.4. The van der Waals surface area contributed by atoms with Gasteiger partial charge < -0.3 is 9.80 Å². The Kier molecular flexibility index (Phi) is 12.7. The first kappa shape index (κ1) is 54.7. The van der Waals surface area contributed by atoms with Crippen molar-refractivity contribution in [2.45, 2.75) is 150 Å². The van der Waals surface area contributed by atoms with Crippen molar-refractivity contribution in [3.05, 3.63) is 287 Å². The molecule has 11 aromatic carbocycles. The van der Waals surface area contributed by atoms with Crippen LogP contribution in [-0.2, 0) is 21.7 Å². The molecule has 4 fully saturated rings. The largest absolute Gasteiger partial charge is 0.310 e. The lowest BCUT2D eigenvalue weighted by atomic mass is 9.67. The number of hydrogen-bond donors (Lipinski definition) is 0. The smallest absolute Gasteiger partial charge is 0.0465 e. The second kappa shape index (κ2) is 21.3. The van der Waals surface area contributed by atoms with Crippen LogP contribution in [0.1, 0.15) is 173 Å². The Morgan fingerprint density at radius 1 is 0.174 bits per heavy atom. The molecular formula is C90H80N2. The molecule has 19 rings (SSSR count). The van der Waals surface area contributed by atoms with Crippen LogP contribution in [0.2, 0.25) is 0 Å². The highest BCUT2D eigenvalue weighted by Crippen LogP contribution is 2.62. The van der Waals surface area contributed by atoms with Gasteiger partial charge in [-0.25, -0.2) is 0 Å². The van der Waals surface area contributed by atoms with Crippen LogP contribution in [0.3, 0.4) is 0 Å². The minimum atomic E-state index is 0.0690. The molecule has 11 aromatic rings. The number of nitrogens with zero attached hydrogens (tertiary/aromatic N) is 2. The van der Waals surface area contributed by atoms with Crippen molar-refractivity contribution in [2.75, 3.05) is 9.80 Å². The van der Waals surface area contributed by atoms with Crippen LogP contribution in [0.5, 0.6) is 0 Å². The van der Waals surface area contributed by atoms with Crippen molar-refractivity contribution < 1.29 is 0 Å². The third-order valence-corrected chi connectivity index (χ3v) is 24.7. The summed E-state index contributed by atoms with van der Waals surface area (Å²) in [5.74, 6) is 0. The molecule has 4 spiro atoms. The molecule has 0 amide bonds. The van der Waals surface area contributed by atoms with Crippen molar-refractivity contribution in [1.82, 2.24) is 0 Å². The van der Waals surface area contributed by atoms with E-state index in [0.29, 0.717) is 0 Å². The molecule has 2 heteroatoms. The first-order valence-corrected chi connectivity index (χ1v) is 35.4. The van der Waals surface area contributed by atoms with E-state index in [4.69, 9.17) is 0 Å². The summed E-state index contributed by atoms with van der Waals surface area (Å²) in [6.07, 6.45) is 25.3. The van der Waals surface area contributed by atoms with Gasteiger partial charge in [-0.1, -0.05) is 247 Å². The molecule has 0 N–H and O–H groups in total. The van der Waals surface area contributed by atoms with E-state index in [2.05, 4.69) is 252 Å². The van der Waals surface area contributed by atoms with E-state index in [1.807, 2.05) is 0 Å². The predicted octanol–water partition coefficient (Wildman–Crippen LogP) is 24.9. The summed E-state index contributed by atoms with van der Waals surface area (Å²) in [5.41, 5.74) is 36.3. The highest BCUT2D eigenvalue weighted by Gasteiger charge is 2.48. The number of rotatable bonds is 8. The van der Waals surface area contributed by atoms with Gasteiger partial charge in [0.25, 0.3) is 0 Å². The van der Waals surface area contributed by atoms with E-state index in [0.717, 1.165) is 0 Å². The minimum absolute atomic E-state index is 0.0690. The average molecular weight is 1190 g/mol. The lowest BCUT2D eigenvalue weighted by Gasteiger charge is -2.37. The Morgan fingerprint density at radius 2 is 0.370 bits per heavy atom. The van der Waals surface area contributed by atoms with Crippen molar-refractivity contribution in [3.63, 3.8) is 0 Å². The lowest BCUT2D eigenvalue weighted by Crippen LogP contribution is -2.28. The summed E-state index contributed by atoms with van der Waals surface area (Å²) in [7, 11) is 0. The van der Waals surface area contributed by atoms with E-state index in [9.17, 15) is 0 Å². The zero-order valence-electron chi connectivity index (χ0n) is 53.1. The monoisotopic (exact) mass is 1190 g/mol. The quantitative estimate of drug-likeness (QED) is 0.150. The van der Waals surface area contributed by atoms with E-state index in [-0.39, 0.29) is 21.7 Å². The molecule has 0 saturated heterocycles. The van der Waals surface area contributed by atoms with Crippen LogP contribution >= 0.6 is 0 Å². The van der Waals surface area contributed by atoms with E-state index in [1.165, 1.54) is 252 Å². The SMILES string of the molecule is c1ccc2c(c1)-c1ccc(N(c3ccc(-c4ccc(-c5ccc(N(c6ccc7c(c6)C6(CCCCC6)c6ccccc6-7)c6ccc7c(c6)C6(CCCCC6)c6ccccc6-7)cc5)cc4)cc3)c3ccc4c(c3)C3(CCCCC3)c3ccccc3-4)cc1C21CCCCC1. The van der Waals surface area contributed by atoms with Crippen LogP contribution in [-0.4, -0.2) is 0 Å². The molecule has 8 aliphatic rings. The second-order valence-electron chi connectivity index (χ2n) is 29.0. The van der Waals surface area contributed by atoms with Crippen molar-refractivity contribution >= 4 is 34.1 Å². The van der Waals surface area contributed by atoms with Crippen LogP contribution in [0.4, 0.5) is 34.1 Å². The highest BCUT2D eigenvalue weighted by atomic mass is 15.1. The van der Waals surface area contributed by atoms with Crippen molar-refractivity contribution in [3.8, 4) is 66.8 Å². The van der Waals surface area contributed by atoms with Gasteiger partial charge in [-0.15, -0.1) is 0 Å². The maximum absolute atomic E-state index is 2.60. The van der Waals surface area contributed by atoms with Gasteiger partial charge in [-0.3, -0.25) is 0 Å². The van der Waals surface area contributed by atoms with E-state index >= 15 is 0 Å². The molecule has 0 bridgehead atoms. The van der Waals surface area contributed by atoms with Gasteiger partial charge in [0.1, 0.15) is 0 Å².